The third-order valence-electron chi connectivity index (χ3n) is 1.16. The van der Waals surface area contributed by atoms with Crippen molar-refractivity contribution in [1.82, 2.24) is 0 Å². The second kappa shape index (κ2) is 6.53. The summed E-state index contributed by atoms with van der Waals surface area (Å²) in [6.45, 7) is 2.32. The molecule has 0 aliphatic heterocycles. The summed E-state index contributed by atoms with van der Waals surface area (Å²) < 4.78 is 5.09. The van der Waals surface area contributed by atoms with Gasteiger partial charge in [0.25, 0.3) is 0 Å². The molecule has 1 N–H and O–H groups in total. The van der Waals surface area contributed by atoms with Crippen LogP contribution in [0.15, 0.2) is 0 Å². The SMILES string of the molecule is CC(CCC#N)OCCO. The van der Waals surface area contributed by atoms with E-state index in [-0.39, 0.29) is 12.7 Å². The van der Waals surface area contributed by atoms with Gasteiger partial charge in [-0.3, -0.25) is 0 Å². The molecule has 3 nitrogen and oxygen atoms in total. The normalized spacial score (nSPS) is 12.5. The Morgan fingerprint density at radius 2 is 2.40 bits per heavy atom. The molecule has 0 aliphatic rings. The topological polar surface area (TPSA) is 53.2 Å². The predicted octanol–water partition coefficient (Wildman–Crippen LogP) is 0.688. The van der Waals surface area contributed by atoms with E-state index in [2.05, 4.69) is 0 Å². The van der Waals surface area contributed by atoms with Crippen LogP contribution in [0, 0.1) is 11.3 Å². The van der Waals surface area contributed by atoms with Gasteiger partial charge in [0.05, 0.1) is 25.4 Å². The van der Waals surface area contributed by atoms with E-state index in [9.17, 15) is 0 Å². The first-order valence-corrected chi connectivity index (χ1v) is 3.40. The van der Waals surface area contributed by atoms with Crippen molar-refractivity contribution in [2.24, 2.45) is 0 Å². The molecule has 0 heterocycles. The largest absolute Gasteiger partial charge is 0.394 e. The molecule has 10 heavy (non-hydrogen) atoms. The molecule has 0 aliphatic carbocycles. The highest BCUT2D eigenvalue weighted by Crippen LogP contribution is 1.99. The minimum atomic E-state index is 0.0525. The van der Waals surface area contributed by atoms with E-state index in [1.165, 1.54) is 0 Å². The third-order valence-corrected chi connectivity index (χ3v) is 1.16. The Labute approximate surface area is 61.2 Å². The molecule has 0 aromatic rings. The summed E-state index contributed by atoms with van der Waals surface area (Å²) in [6.07, 6.45) is 1.36. The number of nitriles is 1. The van der Waals surface area contributed by atoms with Crippen molar-refractivity contribution in [2.45, 2.75) is 25.9 Å². The average molecular weight is 143 g/mol. The highest BCUT2D eigenvalue weighted by molar-refractivity contribution is 4.70. The van der Waals surface area contributed by atoms with Gasteiger partial charge in [-0.15, -0.1) is 0 Å². The van der Waals surface area contributed by atoms with Gasteiger partial charge in [0.15, 0.2) is 0 Å². The zero-order chi connectivity index (χ0) is 7.82. The average Bonchev–Trinajstić information content (AvgIpc) is 1.97. The standard InChI is InChI=1S/C7H13NO2/c1-7(3-2-4-8)10-6-5-9/h7,9H,2-3,5-6H2,1H3. The van der Waals surface area contributed by atoms with Crippen LogP contribution in [0.1, 0.15) is 19.8 Å². The number of rotatable bonds is 5. The maximum atomic E-state index is 8.35. The van der Waals surface area contributed by atoms with Crippen LogP contribution >= 0.6 is 0 Å². The van der Waals surface area contributed by atoms with Gasteiger partial charge in [0.2, 0.25) is 0 Å². The summed E-state index contributed by atoms with van der Waals surface area (Å²) in [5.41, 5.74) is 0. The number of nitrogens with zero attached hydrogens (tertiary/aromatic N) is 1. The van der Waals surface area contributed by atoms with Crippen LogP contribution in [0.25, 0.3) is 0 Å². The van der Waals surface area contributed by atoms with Crippen molar-refractivity contribution in [3.05, 3.63) is 0 Å². The van der Waals surface area contributed by atoms with Crippen LogP contribution < -0.4 is 0 Å². The quantitative estimate of drug-likeness (QED) is 0.616. The Morgan fingerprint density at radius 1 is 1.70 bits per heavy atom. The van der Waals surface area contributed by atoms with Gasteiger partial charge in [-0.2, -0.15) is 5.26 Å². The highest BCUT2D eigenvalue weighted by atomic mass is 16.5. The number of hydrogen-bond donors (Lipinski definition) is 1. The Bertz CT molecular complexity index is 109. The summed E-state index contributed by atoms with van der Waals surface area (Å²) in [5.74, 6) is 0. The molecule has 0 aromatic carbocycles. The molecule has 0 saturated heterocycles. The first-order chi connectivity index (χ1) is 4.81. The molecular weight excluding hydrogens is 130 g/mol. The first-order valence-electron chi connectivity index (χ1n) is 3.40. The second-order valence-electron chi connectivity index (χ2n) is 2.10. The molecule has 0 amide bonds. The lowest BCUT2D eigenvalue weighted by Gasteiger charge is -2.08. The molecule has 1 unspecified atom stereocenters. The van der Waals surface area contributed by atoms with Crippen LogP contribution in [0.3, 0.4) is 0 Å². The van der Waals surface area contributed by atoms with Gasteiger partial charge in [-0.1, -0.05) is 0 Å². The number of ether oxygens (including phenoxy) is 1. The van der Waals surface area contributed by atoms with E-state index in [0.717, 1.165) is 6.42 Å². The molecule has 0 rings (SSSR count). The summed E-state index contributed by atoms with van der Waals surface area (Å²) in [7, 11) is 0. The molecule has 1 atom stereocenters. The number of hydrogen-bond acceptors (Lipinski definition) is 3. The fraction of sp³-hybridized carbons (Fsp3) is 0.857. The molecule has 0 bridgehead atoms. The molecule has 0 radical (unpaired) electrons. The van der Waals surface area contributed by atoms with Gasteiger partial charge in [0, 0.05) is 6.42 Å². The Morgan fingerprint density at radius 3 is 2.90 bits per heavy atom. The smallest absolute Gasteiger partial charge is 0.0701 e. The monoisotopic (exact) mass is 143 g/mol. The van der Waals surface area contributed by atoms with Crippen LogP contribution in [0.2, 0.25) is 0 Å². The van der Waals surface area contributed by atoms with Crippen molar-refractivity contribution in [1.29, 1.82) is 5.26 Å². The minimum Gasteiger partial charge on any atom is -0.394 e. The maximum absolute atomic E-state index is 8.35. The molecular formula is C7H13NO2. The Hall–Kier alpha value is -0.590. The summed E-state index contributed by atoms with van der Waals surface area (Å²) in [5, 5.41) is 16.5. The summed E-state index contributed by atoms with van der Waals surface area (Å²) in [6, 6.07) is 2.03. The first kappa shape index (κ1) is 9.41. The second-order valence-corrected chi connectivity index (χ2v) is 2.10. The fourth-order valence-corrected chi connectivity index (χ4v) is 0.605. The Balaban J connectivity index is 3.10. The third kappa shape index (κ3) is 5.54. The van der Waals surface area contributed by atoms with E-state index in [1.807, 2.05) is 13.0 Å². The maximum Gasteiger partial charge on any atom is 0.0701 e. The lowest BCUT2D eigenvalue weighted by atomic mass is 10.2. The molecule has 0 spiro atoms. The van der Waals surface area contributed by atoms with Crippen molar-refractivity contribution in [3.63, 3.8) is 0 Å². The minimum absolute atomic E-state index is 0.0525. The number of aliphatic hydroxyl groups excluding tert-OH is 1. The van der Waals surface area contributed by atoms with Crippen molar-refractivity contribution >= 4 is 0 Å². The van der Waals surface area contributed by atoms with Gasteiger partial charge in [-0.25, -0.2) is 0 Å². The highest BCUT2D eigenvalue weighted by Gasteiger charge is 1.99. The van der Waals surface area contributed by atoms with Crippen molar-refractivity contribution < 1.29 is 9.84 Å². The molecule has 0 saturated carbocycles. The van der Waals surface area contributed by atoms with Crippen molar-refractivity contribution in [3.8, 4) is 6.07 Å². The van der Waals surface area contributed by atoms with Gasteiger partial charge in [-0.05, 0) is 13.3 Å². The van der Waals surface area contributed by atoms with E-state index >= 15 is 0 Å². The zero-order valence-corrected chi connectivity index (χ0v) is 6.21. The van der Waals surface area contributed by atoms with Crippen LogP contribution in [-0.4, -0.2) is 24.4 Å². The Kier molecular flexibility index (Phi) is 6.14. The summed E-state index contributed by atoms with van der Waals surface area (Å²) >= 11 is 0. The van der Waals surface area contributed by atoms with Crippen LogP contribution in [0.4, 0.5) is 0 Å². The lowest BCUT2D eigenvalue weighted by Crippen LogP contribution is -2.10. The fourth-order valence-electron chi connectivity index (χ4n) is 0.605. The van der Waals surface area contributed by atoms with Gasteiger partial charge >= 0.3 is 0 Å². The van der Waals surface area contributed by atoms with Crippen LogP contribution in [-0.2, 0) is 4.74 Å². The van der Waals surface area contributed by atoms with E-state index in [1.54, 1.807) is 0 Å². The molecule has 0 fully saturated rings. The molecule has 0 aromatic heterocycles. The van der Waals surface area contributed by atoms with Crippen molar-refractivity contribution in [2.75, 3.05) is 13.2 Å². The lowest BCUT2D eigenvalue weighted by molar-refractivity contribution is 0.0355. The number of aliphatic hydroxyl groups is 1. The van der Waals surface area contributed by atoms with Gasteiger partial charge < -0.3 is 9.84 Å². The molecule has 3 heteroatoms. The van der Waals surface area contributed by atoms with E-state index < -0.39 is 0 Å². The van der Waals surface area contributed by atoms with Gasteiger partial charge in [0.1, 0.15) is 0 Å². The summed E-state index contributed by atoms with van der Waals surface area (Å²) in [4.78, 5) is 0. The molecule has 58 valence electrons. The predicted molar refractivity (Wildman–Crippen MR) is 37.3 cm³/mol. The zero-order valence-electron chi connectivity index (χ0n) is 6.21. The van der Waals surface area contributed by atoms with E-state index in [0.29, 0.717) is 13.0 Å². The van der Waals surface area contributed by atoms with E-state index in [4.69, 9.17) is 15.1 Å². The van der Waals surface area contributed by atoms with Crippen LogP contribution in [0.5, 0.6) is 0 Å².